The molecule has 0 amide bonds. The quantitative estimate of drug-likeness (QED) is 0.164. The first kappa shape index (κ1) is 29.1. The third kappa shape index (κ3) is 5.92. The fraction of sp³-hybridized carbons (Fsp3) is 0.0909. The van der Waals surface area contributed by atoms with E-state index < -0.39 is 0 Å². The first-order valence-corrected chi connectivity index (χ1v) is 15.1. The molecular formula is C33H26BrN5O4S. The number of thiazole rings is 1. The predicted molar refractivity (Wildman–Crippen MR) is 177 cm³/mol. The van der Waals surface area contributed by atoms with Gasteiger partial charge < -0.3 is 14.2 Å². The summed E-state index contributed by atoms with van der Waals surface area (Å²) in [7, 11) is 3.21. The second-order valence-corrected chi connectivity index (χ2v) is 11.3. The molecule has 0 aliphatic rings. The number of benzene rings is 3. The van der Waals surface area contributed by atoms with Crippen LogP contribution in [0.25, 0.3) is 40.1 Å². The number of nitrogens with zero attached hydrogens (tertiary/aromatic N) is 5. The number of para-hydroxylation sites is 1. The molecule has 0 aliphatic heterocycles. The minimum atomic E-state index is -0.253. The molecule has 3 aromatic carbocycles. The predicted octanol–water partition coefficient (Wildman–Crippen LogP) is 6.07. The van der Waals surface area contributed by atoms with Gasteiger partial charge in [-0.05, 0) is 76.1 Å². The van der Waals surface area contributed by atoms with Crippen molar-refractivity contribution in [2.24, 2.45) is 0 Å². The molecule has 3 heterocycles. The van der Waals surface area contributed by atoms with Gasteiger partial charge in [-0.15, -0.1) is 5.10 Å². The third-order valence-corrected chi connectivity index (χ3v) is 8.22. The summed E-state index contributed by atoms with van der Waals surface area (Å²) in [6.45, 7) is 4.05. The maximum atomic E-state index is 13.4. The van der Waals surface area contributed by atoms with Gasteiger partial charge in [0.05, 0.1) is 28.9 Å². The first-order chi connectivity index (χ1) is 21.5. The van der Waals surface area contributed by atoms with E-state index in [2.05, 4.69) is 32.6 Å². The maximum absolute atomic E-state index is 13.4. The van der Waals surface area contributed by atoms with Crippen molar-refractivity contribution in [3.63, 3.8) is 0 Å². The summed E-state index contributed by atoms with van der Waals surface area (Å²) in [6.07, 6.45) is 9.03. The van der Waals surface area contributed by atoms with E-state index in [1.807, 2.05) is 85.1 Å². The van der Waals surface area contributed by atoms with Gasteiger partial charge in [0.1, 0.15) is 18.1 Å². The zero-order valence-electron chi connectivity index (χ0n) is 23.8. The average Bonchev–Trinajstić information content (AvgIpc) is 3.74. The van der Waals surface area contributed by atoms with Crippen LogP contribution in [0.5, 0.6) is 17.2 Å². The second kappa shape index (κ2) is 12.7. The number of aromatic nitrogens is 5. The number of methoxy groups -OCH3 is 2. The van der Waals surface area contributed by atoms with E-state index in [0.717, 1.165) is 32.5 Å². The molecule has 0 N–H and O–H groups in total. The monoisotopic (exact) mass is 667 g/mol. The van der Waals surface area contributed by atoms with Gasteiger partial charge in [0.15, 0.2) is 17.3 Å². The van der Waals surface area contributed by atoms with E-state index >= 15 is 0 Å². The molecule has 0 atom stereocenters. The molecule has 0 spiro atoms. The van der Waals surface area contributed by atoms with E-state index in [-0.39, 0.29) is 5.56 Å². The van der Waals surface area contributed by atoms with Crippen molar-refractivity contribution >= 4 is 50.5 Å². The molecule has 6 rings (SSSR count). The Bertz CT molecular complexity index is 2120. The van der Waals surface area contributed by atoms with Crippen LogP contribution in [0.4, 0.5) is 0 Å². The summed E-state index contributed by atoms with van der Waals surface area (Å²) in [6, 6.07) is 21.2. The molecule has 0 unspecified atom stereocenters. The van der Waals surface area contributed by atoms with Crippen molar-refractivity contribution in [2.45, 2.75) is 0 Å². The van der Waals surface area contributed by atoms with Crippen LogP contribution in [0, 0.1) is 0 Å². The SMILES string of the molecule is C=CCOc1ccc(/C=C/c2nc3s/c(=C\c4cn(-c5ccccc5)nc4-c4ccc(OC)c(Br)c4)c(=O)n3n2)cc1OC. The van der Waals surface area contributed by atoms with Crippen LogP contribution in [0.2, 0.25) is 0 Å². The first-order valence-electron chi connectivity index (χ1n) is 13.5. The van der Waals surface area contributed by atoms with Crippen molar-refractivity contribution in [1.29, 1.82) is 0 Å². The Morgan fingerprint density at radius 2 is 1.75 bits per heavy atom. The highest BCUT2D eigenvalue weighted by Crippen LogP contribution is 2.32. The van der Waals surface area contributed by atoms with Crippen LogP contribution < -0.4 is 24.3 Å². The van der Waals surface area contributed by atoms with Gasteiger partial charge in [-0.1, -0.05) is 54.3 Å². The normalized spacial score (nSPS) is 11.8. The molecule has 0 aliphatic carbocycles. The number of ether oxygens (including phenoxy) is 3. The van der Waals surface area contributed by atoms with Gasteiger partial charge >= 0.3 is 0 Å². The van der Waals surface area contributed by atoms with E-state index in [0.29, 0.717) is 39.2 Å². The van der Waals surface area contributed by atoms with E-state index in [1.54, 1.807) is 31.1 Å². The fourth-order valence-corrected chi connectivity index (χ4v) is 5.98. The van der Waals surface area contributed by atoms with Crippen LogP contribution in [0.3, 0.4) is 0 Å². The Hall–Kier alpha value is -5.00. The van der Waals surface area contributed by atoms with Gasteiger partial charge in [-0.3, -0.25) is 4.79 Å². The van der Waals surface area contributed by atoms with Gasteiger partial charge in [-0.2, -0.15) is 14.6 Å². The minimum Gasteiger partial charge on any atom is -0.496 e. The number of halogens is 1. The lowest BCUT2D eigenvalue weighted by atomic mass is 10.1. The summed E-state index contributed by atoms with van der Waals surface area (Å²) < 4.78 is 20.9. The highest BCUT2D eigenvalue weighted by Gasteiger charge is 2.15. The lowest BCUT2D eigenvalue weighted by Crippen LogP contribution is -2.23. The molecule has 9 nitrogen and oxygen atoms in total. The van der Waals surface area contributed by atoms with Crippen LogP contribution in [-0.4, -0.2) is 45.2 Å². The van der Waals surface area contributed by atoms with Crippen LogP contribution in [-0.2, 0) is 0 Å². The second-order valence-electron chi connectivity index (χ2n) is 9.49. The molecule has 3 aromatic heterocycles. The van der Waals surface area contributed by atoms with Crippen molar-refractivity contribution in [2.75, 3.05) is 20.8 Å². The smallest absolute Gasteiger partial charge is 0.291 e. The number of fused-ring (bicyclic) bond motifs is 1. The Balaban J connectivity index is 1.35. The third-order valence-electron chi connectivity index (χ3n) is 6.64. The van der Waals surface area contributed by atoms with Gasteiger partial charge in [0.25, 0.3) is 5.56 Å². The van der Waals surface area contributed by atoms with Crippen molar-refractivity contribution in [3.8, 4) is 34.2 Å². The Kier molecular flexibility index (Phi) is 8.40. The lowest BCUT2D eigenvalue weighted by molar-refractivity contribution is 0.326. The Labute approximate surface area is 265 Å². The van der Waals surface area contributed by atoms with Crippen LogP contribution in [0.15, 0.2) is 94.8 Å². The van der Waals surface area contributed by atoms with E-state index in [4.69, 9.17) is 19.3 Å². The summed E-state index contributed by atoms with van der Waals surface area (Å²) in [5, 5.41) is 9.32. The van der Waals surface area contributed by atoms with Gasteiger partial charge in [0, 0.05) is 17.3 Å². The molecule has 0 radical (unpaired) electrons. The van der Waals surface area contributed by atoms with Crippen LogP contribution >= 0.6 is 27.3 Å². The molecular weight excluding hydrogens is 642 g/mol. The Morgan fingerprint density at radius 3 is 2.48 bits per heavy atom. The molecule has 0 saturated heterocycles. The van der Waals surface area contributed by atoms with Crippen molar-refractivity contribution in [3.05, 3.63) is 122 Å². The molecule has 44 heavy (non-hydrogen) atoms. The summed E-state index contributed by atoms with van der Waals surface area (Å²) in [5.74, 6) is 2.37. The zero-order chi connectivity index (χ0) is 30.6. The number of hydrogen-bond acceptors (Lipinski definition) is 8. The largest absolute Gasteiger partial charge is 0.496 e. The average molecular weight is 669 g/mol. The van der Waals surface area contributed by atoms with Crippen LogP contribution in [0.1, 0.15) is 17.0 Å². The highest BCUT2D eigenvalue weighted by molar-refractivity contribution is 9.10. The maximum Gasteiger partial charge on any atom is 0.291 e. The van der Waals surface area contributed by atoms with E-state index in [1.165, 1.54) is 15.9 Å². The minimum absolute atomic E-state index is 0.253. The van der Waals surface area contributed by atoms with Gasteiger partial charge in [0.2, 0.25) is 4.96 Å². The Morgan fingerprint density at radius 1 is 0.955 bits per heavy atom. The van der Waals surface area contributed by atoms with Crippen molar-refractivity contribution in [1.82, 2.24) is 24.4 Å². The molecule has 220 valence electrons. The zero-order valence-corrected chi connectivity index (χ0v) is 26.2. The van der Waals surface area contributed by atoms with E-state index in [9.17, 15) is 4.79 Å². The lowest BCUT2D eigenvalue weighted by Gasteiger charge is -2.09. The molecule has 6 aromatic rings. The summed E-state index contributed by atoms with van der Waals surface area (Å²) in [5.41, 5.74) is 3.89. The molecule has 11 heteroatoms. The van der Waals surface area contributed by atoms with Gasteiger partial charge in [-0.25, -0.2) is 4.68 Å². The number of hydrogen-bond donors (Lipinski definition) is 0. The summed E-state index contributed by atoms with van der Waals surface area (Å²) >= 11 is 4.84. The molecule has 0 fully saturated rings. The molecule has 0 saturated carbocycles. The highest BCUT2D eigenvalue weighted by atomic mass is 79.9. The topological polar surface area (TPSA) is 92.8 Å². The summed E-state index contributed by atoms with van der Waals surface area (Å²) in [4.78, 5) is 18.5. The fourth-order valence-electron chi connectivity index (χ4n) is 4.53. The standard InChI is InChI=1S/C33H26BrN5O4S/c1-4-16-43-27-13-10-21(17-28(27)42-3)11-15-30-35-33-39(36-30)32(40)29(44-33)19-23-20-38(24-8-6-5-7-9-24)37-31(23)22-12-14-26(41-2)25(34)18-22/h4-15,17-20H,1,16H2,2-3H3/b15-11+,29-19-. The van der Waals surface area contributed by atoms with Crippen molar-refractivity contribution < 1.29 is 14.2 Å². The molecule has 0 bridgehead atoms. The number of rotatable bonds is 10.